The number of carbonyl (C=O) groups is 2. The Kier molecular flexibility index (Phi) is 4.77. The molecule has 0 saturated carbocycles. The Morgan fingerprint density at radius 3 is 2.60 bits per heavy atom. The van der Waals surface area contributed by atoms with Gasteiger partial charge in [-0.1, -0.05) is 30.3 Å². The van der Waals surface area contributed by atoms with E-state index >= 15 is 0 Å². The highest BCUT2D eigenvalue weighted by Crippen LogP contribution is 2.20. The lowest BCUT2D eigenvalue weighted by Crippen LogP contribution is -2.46. The summed E-state index contributed by atoms with van der Waals surface area (Å²) in [6, 6.07) is 9.70. The summed E-state index contributed by atoms with van der Waals surface area (Å²) in [5.41, 5.74) is 1.12. The minimum atomic E-state index is -0.267. The van der Waals surface area contributed by atoms with Crippen LogP contribution in [0.1, 0.15) is 32.3 Å². The molecule has 0 spiro atoms. The molecule has 1 fully saturated rings. The van der Waals surface area contributed by atoms with E-state index < -0.39 is 0 Å². The Labute approximate surface area is 120 Å². The molecule has 0 unspecified atom stereocenters. The molecule has 20 heavy (non-hydrogen) atoms. The van der Waals surface area contributed by atoms with E-state index in [0.29, 0.717) is 19.6 Å². The van der Waals surface area contributed by atoms with Crippen LogP contribution in [0.25, 0.3) is 0 Å². The molecule has 4 nitrogen and oxygen atoms in total. The maximum Gasteiger partial charge on any atom is 0.245 e. The first-order valence-electron chi connectivity index (χ1n) is 7.23. The lowest BCUT2D eigenvalue weighted by molar-refractivity contribution is -0.143. The third-order valence-corrected chi connectivity index (χ3v) is 3.85. The molecule has 2 amide bonds. The van der Waals surface area contributed by atoms with E-state index in [4.69, 9.17) is 0 Å². The Hall–Kier alpha value is -1.84. The molecular weight excluding hydrogens is 252 g/mol. The molecule has 4 heteroatoms. The second kappa shape index (κ2) is 6.55. The molecule has 1 atom stereocenters. The zero-order chi connectivity index (χ0) is 14.5. The van der Waals surface area contributed by atoms with Gasteiger partial charge in [-0.25, -0.2) is 0 Å². The molecule has 0 bridgehead atoms. The minimum absolute atomic E-state index is 0.00314. The van der Waals surface area contributed by atoms with Crippen LogP contribution in [0.2, 0.25) is 0 Å². The van der Waals surface area contributed by atoms with Crippen molar-refractivity contribution >= 4 is 11.8 Å². The molecular formula is C16H22N2O2. The fourth-order valence-electron chi connectivity index (χ4n) is 2.76. The maximum absolute atomic E-state index is 12.6. The summed E-state index contributed by atoms with van der Waals surface area (Å²) in [7, 11) is 0. The van der Waals surface area contributed by atoms with Gasteiger partial charge in [0, 0.05) is 26.6 Å². The highest BCUT2D eigenvalue weighted by molar-refractivity contribution is 5.87. The molecule has 0 aliphatic carbocycles. The molecule has 0 N–H and O–H groups in total. The van der Waals surface area contributed by atoms with Crippen molar-refractivity contribution in [3.8, 4) is 0 Å². The summed E-state index contributed by atoms with van der Waals surface area (Å²) < 4.78 is 0. The van der Waals surface area contributed by atoms with Crippen molar-refractivity contribution in [3.63, 3.8) is 0 Å². The van der Waals surface area contributed by atoms with Crippen LogP contribution in [0.3, 0.4) is 0 Å². The summed E-state index contributed by atoms with van der Waals surface area (Å²) in [6.45, 7) is 5.50. The first-order chi connectivity index (χ1) is 9.63. The summed E-state index contributed by atoms with van der Waals surface area (Å²) in [6.07, 6.45) is 1.70. The van der Waals surface area contributed by atoms with Crippen LogP contribution in [-0.2, 0) is 16.1 Å². The first-order valence-corrected chi connectivity index (χ1v) is 7.23. The van der Waals surface area contributed by atoms with E-state index in [2.05, 4.69) is 0 Å². The number of hydrogen-bond acceptors (Lipinski definition) is 2. The summed E-state index contributed by atoms with van der Waals surface area (Å²) in [5.74, 6) is 0.0701. The number of hydrogen-bond donors (Lipinski definition) is 0. The van der Waals surface area contributed by atoms with Crippen LogP contribution in [0.15, 0.2) is 30.3 Å². The van der Waals surface area contributed by atoms with Gasteiger partial charge in [-0.2, -0.15) is 0 Å². The van der Waals surface area contributed by atoms with Gasteiger partial charge in [-0.15, -0.1) is 0 Å². The van der Waals surface area contributed by atoms with Gasteiger partial charge in [0.15, 0.2) is 0 Å². The number of likely N-dealkylation sites (N-methyl/N-ethyl adjacent to an activating group) is 1. The standard InChI is InChI=1S/C16H22N2O2/c1-3-17(12-14-8-5-4-6-9-14)16(20)15-10-7-11-18(15)13(2)19/h4-6,8-9,15H,3,7,10-12H2,1-2H3/t15-/m0/s1. The molecule has 1 aliphatic rings. The SMILES string of the molecule is CCN(Cc1ccccc1)C(=O)[C@@H]1CCCN1C(C)=O. The quantitative estimate of drug-likeness (QED) is 0.843. The lowest BCUT2D eigenvalue weighted by atomic mass is 10.1. The van der Waals surface area contributed by atoms with Gasteiger partial charge in [0.05, 0.1) is 0 Å². The molecule has 1 aliphatic heterocycles. The van der Waals surface area contributed by atoms with Gasteiger partial charge in [0.25, 0.3) is 0 Å². The number of rotatable bonds is 4. The van der Waals surface area contributed by atoms with Crippen molar-refractivity contribution in [1.82, 2.24) is 9.80 Å². The van der Waals surface area contributed by atoms with Crippen molar-refractivity contribution in [1.29, 1.82) is 0 Å². The van der Waals surface area contributed by atoms with E-state index in [1.165, 1.54) is 0 Å². The maximum atomic E-state index is 12.6. The van der Waals surface area contributed by atoms with Gasteiger partial charge < -0.3 is 9.80 Å². The Morgan fingerprint density at radius 1 is 1.30 bits per heavy atom. The fourth-order valence-corrected chi connectivity index (χ4v) is 2.76. The predicted octanol–water partition coefficient (Wildman–Crippen LogP) is 2.05. The highest BCUT2D eigenvalue weighted by Gasteiger charge is 2.34. The number of benzene rings is 1. The highest BCUT2D eigenvalue weighted by atomic mass is 16.2. The summed E-state index contributed by atoms with van der Waals surface area (Å²) >= 11 is 0. The number of carbonyl (C=O) groups excluding carboxylic acids is 2. The van der Waals surface area contributed by atoms with E-state index in [-0.39, 0.29) is 17.9 Å². The topological polar surface area (TPSA) is 40.6 Å². The van der Waals surface area contributed by atoms with Crippen molar-refractivity contribution in [2.45, 2.75) is 39.3 Å². The van der Waals surface area contributed by atoms with Gasteiger partial charge in [-0.3, -0.25) is 9.59 Å². The van der Waals surface area contributed by atoms with Gasteiger partial charge in [-0.05, 0) is 25.3 Å². The van der Waals surface area contributed by atoms with Crippen LogP contribution in [-0.4, -0.2) is 40.7 Å². The van der Waals surface area contributed by atoms with Crippen molar-refractivity contribution in [2.24, 2.45) is 0 Å². The van der Waals surface area contributed by atoms with E-state index in [9.17, 15) is 9.59 Å². The predicted molar refractivity (Wildman–Crippen MR) is 77.9 cm³/mol. The number of likely N-dealkylation sites (tertiary alicyclic amines) is 1. The van der Waals surface area contributed by atoms with E-state index in [1.54, 1.807) is 11.8 Å². The third kappa shape index (κ3) is 3.18. The molecule has 1 saturated heterocycles. The molecule has 1 aromatic rings. The van der Waals surface area contributed by atoms with Crippen LogP contribution in [0.5, 0.6) is 0 Å². The van der Waals surface area contributed by atoms with Crippen LogP contribution in [0, 0.1) is 0 Å². The first kappa shape index (κ1) is 14.6. The number of nitrogens with zero attached hydrogens (tertiary/aromatic N) is 2. The van der Waals surface area contributed by atoms with E-state index in [1.807, 2.05) is 42.2 Å². The largest absolute Gasteiger partial charge is 0.337 e. The van der Waals surface area contributed by atoms with Crippen molar-refractivity contribution < 1.29 is 9.59 Å². The summed E-state index contributed by atoms with van der Waals surface area (Å²) in [5, 5.41) is 0. The zero-order valence-electron chi connectivity index (χ0n) is 12.2. The third-order valence-electron chi connectivity index (χ3n) is 3.85. The molecule has 0 radical (unpaired) electrons. The van der Waals surface area contributed by atoms with Gasteiger partial charge >= 0.3 is 0 Å². The Balaban J connectivity index is 2.07. The molecule has 1 aromatic carbocycles. The summed E-state index contributed by atoms with van der Waals surface area (Å²) in [4.78, 5) is 27.8. The van der Waals surface area contributed by atoms with Crippen LogP contribution in [0.4, 0.5) is 0 Å². The van der Waals surface area contributed by atoms with Gasteiger partial charge in [0.2, 0.25) is 11.8 Å². The second-order valence-corrected chi connectivity index (χ2v) is 5.21. The Morgan fingerprint density at radius 2 is 2.00 bits per heavy atom. The Bertz CT molecular complexity index is 473. The zero-order valence-corrected chi connectivity index (χ0v) is 12.2. The fraction of sp³-hybridized carbons (Fsp3) is 0.500. The molecule has 1 heterocycles. The normalized spacial score (nSPS) is 18.1. The van der Waals surface area contributed by atoms with Crippen LogP contribution < -0.4 is 0 Å². The van der Waals surface area contributed by atoms with E-state index in [0.717, 1.165) is 18.4 Å². The van der Waals surface area contributed by atoms with Crippen LogP contribution >= 0.6 is 0 Å². The van der Waals surface area contributed by atoms with Crippen molar-refractivity contribution in [2.75, 3.05) is 13.1 Å². The second-order valence-electron chi connectivity index (χ2n) is 5.21. The number of amides is 2. The molecule has 108 valence electrons. The smallest absolute Gasteiger partial charge is 0.245 e. The van der Waals surface area contributed by atoms with Crippen molar-refractivity contribution in [3.05, 3.63) is 35.9 Å². The molecule has 0 aromatic heterocycles. The molecule has 2 rings (SSSR count). The monoisotopic (exact) mass is 274 g/mol. The average Bonchev–Trinajstić information content (AvgIpc) is 2.94. The lowest BCUT2D eigenvalue weighted by Gasteiger charge is -2.29. The van der Waals surface area contributed by atoms with Gasteiger partial charge in [0.1, 0.15) is 6.04 Å². The minimum Gasteiger partial charge on any atom is -0.337 e. The average molecular weight is 274 g/mol.